The quantitative estimate of drug-likeness (QED) is 0.479. The minimum atomic E-state index is -0.663. The summed E-state index contributed by atoms with van der Waals surface area (Å²) in [6, 6.07) is 19.2. The number of halogens is 1. The normalized spacial score (nSPS) is 12.8. The maximum atomic E-state index is 12.7. The highest BCUT2D eigenvalue weighted by Gasteiger charge is 2.23. The molecule has 0 aliphatic carbocycles. The van der Waals surface area contributed by atoms with Gasteiger partial charge in [0.25, 0.3) is 5.91 Å². The molecule has 160 valence electrons. The van der Waals surface area contributed by atoms with E-state index < -0.39 is 6.10 Å². The van der Waals surface area contributed by atoms with E-state index >= 15 is 0 Å². The summed E-state index contributed by atoms with van der Waals surface area (Å²) in [6.45, 7) is 4.83. The molecule has 2 aromatic rings. The molecule has 1 amide bonds. The van der Waals surface area contributed by atoms with E-state index in [2.05, 4.69) is 24.5 Å². The van der Waals surface area contributed by atoms with Crippen LogP contribution in [0.3, 0.4) is 0 Å². The summed E-state index contributed by atoms with van der Waals surface area (Å²) in [5, 5.41) is 17.4. The molecule has 0 heterocycles. The van der Waals surface area contributed by atoms with Gasteiger partial charge >= 0.3 is 0 Å². The first-order chi connectivity index (χ1) is 13.6. The number of hydrogen-bond donors (Lipinski definition) is 3. The van der Waals surface area contributed by atoms with Crippen LogP contribution in [0.1, 0.15) is 55.5 Å². The summed E-state index contributed by atoms with van der Waals surface area (Å²) < 4.78 is 0. The number of nitrogens with one attached hydrogen (secondary N) is 2. The Kier molecular flexibility index (Phi) is 12.3. The number of benzene rings is 2. The van der Waals surface area contributed by atoms with Crippen molar-refractivity contribution < 1.29 is 9.90 Å². The van der Waals surface area contributed by atoms with E-state index in [1.807, 2.05) is 48.5 Å². The fourth-order valence-corrected chi connectivity index (χ4v) is 3.47. The highest BCUT2D eigenvalue weighted by Crippen LogP contribution is 2.10. The van der Waals surface area contributed by atoms with Crippen molar-refractivity contribution in [3.8, 4) is 0 Å². The van der Waals surface area contributed by atoms with E-state index in [1.54, 1.807) is 12.1 Å². The van der Waals surface area contributed by atoms with Crippen LogP contribution in [-0.4, -0.2) is 35.7 Å². The monoisotopic (exact) mass is 418 g/mol. The summed E-state index contributed by atoms with van der Waals surface area (Å²) in [5.41, 5.74) is 1.70. The lowest BCUT2D eigenvalue weighted by atomic mass is 9.99. The Morgan fingerprint density at radius 3 is 2.03 bits per heavy atom. The number of amides is 1. The Bertz CT molecular complexity index is 676. The molecule has 2 rings (SSSR count). The van der Waals surface area contributed by atoms with E-state index in [0.29, 0.717) is 24.6 Å². The van der Waals surface area contributed by atoms with E-state index in [1.165, 1.54) is 0 Å². The maximum Gasteiger partial charge on any atom is 0.251 e. The molecule has 0 saturated carbocycles. The van der Waals surface area contributed by atoms with Gasteiger partial charge < -0.3 is 15.7 Å². The van der Waals surface area contributed by atoms with E-state index in [0.717, 1.165) is 31.2 Å². The number of aliphatic hydroxyl groups is 1. The van der Waals surface area contributed by atoms with Crippen LogP contribution >= 0.6 is 12.4 Å². The summed E-state index contributed by atoms with van der Waals surface area (Å²) in [6.07, 6.45) is 4.36. The molecule has 0 radical (unpaired) electrons. The van der Waals surface area contributed by atoms with Gasteiger partial charge in [-0.05, 0) is 37.0 Å². The van der Waals surface area contributed by atoms with Crippen LogP contribution in [0.15, 0.2) is 60.7 Å². The van der Waals surface area contributed by atoms with Crippen molar-refractivity contribution in [2.24, 2.45) is 0 Å². The van der Waals surface area contributed by atoms with Crippen molar-refractivity contribution in [2.45, 2.75) is 64.1 Å². The zero-order chi connectivity index (χ0) is 20.2. The predicted molar refractivity (Wildman–Crippen MR) is 123 cm³/mol. The SMILES string of the molecule is CCCC(CCC)NC[C@@H](O)[C@H](Cc1ccccc1)NC(=O)c1ccccc1.Cl. The maximum absolute atomic E-state index is 12.7. The van der Waals surface area contributed by atoms with Crippen molar-refractivity contribution in [1.29, 1.82) is 0 Å². The molecule has 0 unspecified atom stereocenters. The van der Waals surface area contributed by atoms with Crippen LogP contribution in [0.4, 0.5) is 0 Å². The molecule has 0 spiro atoms. The molecule has 0 saturated heterocycles. The van der Waals surface area contributed by atoms with Gasteiger partial charge in [0, 0.05) is 18.2 Å². The van der Waals surface area contributed by atoms with E-state index in [-0.39, 0.29) is 24.4 Å². The Labute approximate surface area is 181 Å². The topological polar surface area (TPSA) is 61.4 Å². The highest BCUT2D eigenvalue weighted by atomic mass is 35.5. The lowest BCUT2D eigenvalue weighted by Crippen LogP contribution is -2.50. The van der Waals surface area contributed by atoms with Crippen molar-refractivity contribution in [1.82, 2.24) is 10.6 Å². The average Bonchev–Trinajstić information content (AvgIpc) is 2.73. The first-order valence-corrected chi connectivity index (χ1v) is 10.4. The zero-order valence-corrected chi connectivity index (χ0v) is 18.3. The number of aliphatic hydroxyl groups excluding tert-OH is 1. The Balaban J connectivity index is 0.00000420. The average molecular weight is 419 g/mol. The van der Waals surface area contributed by atoms with Gasteiger partial charge in [0.15, 0.2) is 0 Å². The molecule has 4 nitrogen and oxygen atoms in total. The lowest BCUT2D eigenvalue weighted by Gasteiger charge is -2.27. The smallest absolute Gasteiger partial charge is 0.251 e. The van der Waals surface area contributed by atoms with Crippen LogP contribution in [0.5, 0.6) is 0 Å². The van der Waals surface area contributed by atoms with Gasteiger partial charge in [0.2, 0.25) is 0 Å². The van der Waals surface area contributed by atoms with Crippen LogP contribution < -0.4 is 10.6 Å². The van der Waals surface area contributed by atoms with Crippen molar-refractivity contribution in [3.63, 3.8) is 0 Å². The predicted octanol–water partition coefficient (Wildman–Crippen LogP) is 4.37. The summed E-state index contributed by atoms with van der Waals surface area (Å²) in [4.78, 5) is 12.7. The fourth-order valence-electron chi connectivity index (χ4n) is 3.47. The number of carbonyl (C=O) groups excluding carboxylic acids is 1. The molecule has 29 heavy (non-hydrogen) atoms. The Morgan fingerprint density at radius 2 is 1.48 bits per heavy atom. The molecular weight excluding hydrogens is 384 g/mol. The molecule has 0 aliphatic rings. The summed E-state index contributed by atoms with van der Waals surface area (Å²) in [7, 11) is 0. The van der Waals surface area contributed by atoms with Crippen LogP contribution in [0.25, 0.3) is 0 Å². The molecule has 0 fully saturated rings. The second kappa shape index (κ2) is 14.2. The van der Waals surface area contributed by atoms with Gasteiger partial charge in [-0.15, -0.1) is 12.4 Å². The second-order valence-corrected chi connectivity index (χ2v) is 7.39. The third kappa shape index (κ3) is 8.99. The first-order valence-electron chi connectivity index (χ1n) is 10.4. The molecule has 0 aromatic heterocycles. The molecule has 5 heteroatoms. The van der Waals surface area contributed by atoms with Gasteiger partial charge in [0.1, 0.15) is 0 Å². The molecule has 2 atom stereocenters. The largest absolute Gasteiger partial charge is 0.390 e. The van der Waals surface area contributed by atoms with Gasteiger partial charge in [-0.2, -0.15) is 0 Å². The van der Waals surface area contributed by atoms with Gasteiger partial charge in [-0.25, -0.2) is 0 Å². The highest BCUT2D eigenvalue weighted by molar-refractivity contribution is 5.94. The summed E-state index contributed by atoms with van der Waals surface area (Å²) >= 11 is 0. The first kappa shape index (κ1) is 25.2. The molecule has 3 N–H and O–H groups in total. The van der Waals surface area contributed by atoms with Gasteiger partial charge in [0.05, 0.1) is 12.1 Å². The third-order valence-electron chi connectivity index (χ3n) is 5.01. The molecule has 0 aliphatic heterocycles. The molecule has 2 aromatic carbocycles. The molecular formula is C24H35ClN2O2. The Hall–Kier alpha value is -1.88. The third-order valence-corrected chi connectivity index (χ3v) is 5.01. The van der Waals surface area contributed by atoms with E-state index in [9.17, 15) is 9.90 Å². The zero-order valence-electron chi connectivity index (χ0n) is 17.5. The van der Waals surface area contributed by atoms with Gasteiger partial charge in [-0.1, -0.05) is 75.2 Å². The minimum Gasteiger partial charge on any atom is -0.390 e. The van der Waals surface area contributed by atoms with Crippen molar-refractivity contribution >= 4 is 18.3 Å². The second-order valence-electron chi connectivity index (χ2n) is 7.39. The van der Waals surface area contributed by atoms with Gasteiger partial charge in [-0.3, -0.25) is 4.79 Å². The Morgan fingerprint density at radius 1 is 0.931 bits per heavy atom. The van der Waals surface area contributed by atoms with Crippen LogP contribution in [0, 0.1) is 0 Å². The van der Waals surface area contributed by atoms with Crippen molar-refractivity contribution in [3.05, 3.63) is 71.8 Å². The standard InChI is InChI=1S/C24H34N2O2.ClH/c1-3-11-21(12-4-2)25-18-23(27)22(17-19-13-7-5-8-14-19)26-24(28)20-15-9-6-10-16-20;/h5-10,13-16,21-23,25,27H,3-4,11-12,17-18H2,1-2H3,(H,26,28);1H/t22-,23+;/m0./s1. The number of carbonyl (C=O) groups is 1. The minimum absolute atomic E-state index is 0. The fraction of sp³-hybridized carbons (Fsp3) is 0.458. The van der Waals surface area contributed by atoms with Crippen LogP contribution in [-0.2, 0) is 6.42 Å². The number of hydrogen-bond acceptors (Lipinski definition) is 3. The summed E-state index contributed by atoms with van der Waals surface area (Å²) in [5.74, 6) is -0.153. The lowest BCUT2D eigenvalue weighted by molar-refractivity contribution is 0.0823. The van der Waals surface area contributed by atoms with E-state index in [4.69, 9.17) is 0 Å². The number of rotatable bonds is 12. The van der Waals surface area contributed by atoms with Crippen molar-refractivity contribution in [2.75, 3.05) is 6.54 Å². The molecule has 0 bridgehead atoms. The van der Waals surface area contributed by atoms with Crippen LogP contribution in [0.2, 0.25) is 0 Å².